The lowest BCUT2D eigenvalue weighted by molar-refractivity contribution is 0.0743. The van der Waals surface area contributed by atoms with Crippen LogP contribution in [0.4, 0.5) is 10.2 Å². The normalized spacial score (nSPS) is 14.1. The average Bonchev–Trinajstić information content (AvgIpc) is 3.35. The Morgan fingerprint density at radius 3 is 2.24 bits per heavy atom. The highest BCUT2D eigenvalue weighted by molar-refractivity contribution is 5.94. The summed E-state index contributed by atoms with van der Waals surface area (Å²) in [6.07, 6.45) is 3.67. The molecule has 1 aliphatic heterocycles. The molecule has 41 heavy (non-hydrogen) atoms. The Bertz CT molecular complexity index is 1250. The third-order valence-corrected chi connectivity index (χ3v) is 7.79. The minimum atomic E-state index is -0.273. The molecule has 0 aliphatic carbocycles. The van der Waals surface area contributed by atoms with E-state index in [1.165, 1.54) is 12.1 Å². The lowest BCUT2D eigenvalue weighted by Gasteiger charge is -2.38. The molecule has 0 unspecified atom stereocenters. The molecule has 0 spiro atoms. The van der Waals surface area contributed by atoms with Crippen LogP contribution in [-0.2, 0) is 13.0 Å². The first-order valence-corrected chi connectivity index (χ1v) is 15.2. The summed E-state index contributed by atoms with van der Waals surface area (Å²) in [6, 6.07) is 14.5. The van der Waals surface area contributed by atoms with Gasteiger partial charge >= 0.3 is 0 Å². The van der Waals surface area contributed by atoms with E-state index < -0.39 is 0 Å². The molecule has 3 aromatic rings. The van der Waals surface area contributed by atoms with Crippen molar-refractivity contribution in [2.45, 2.75) is 72.9 Å². The van der Waals surface area contributed by atoms with Gasteiger partial charge in [0.1, 0.15) is 17.4 Å². The first-order chi connectivity index (χ1) is 19.9. The molecular formula is C33H46FN5O2. The Morgan fingerprint density at radius 1 is 0.976 bits per heavy atom. The molecule has 2 aromatic carbocycles. The molecule has 1 aromatic heterocycles. The van der Waals surface area contributed by atoms with Gasteiger partial charge in [-0.25, -0.2) is 9.07 Å². The molecule has 0 bridgehead atoms. The smallest absolute Gasteiger partial charge is 0.254 e. The fourth-order valence-corrected chi connectivity index (χ4v) is 5.39. The van der Waals surface area contributed by atoms with Gasteiger partial charge in [0.05, 0.1) is 24.5 Å². The number of hydrogen-bond donors (Lipinski definition) is 0. The van der Waals surface area contributed by atoms with Gasteiger partial charge in [-0.1, -0.05) is 27.2 Å². The van der Waals surface area contributed by atoms with Crippen LogP contribution in [0.2, 0.25) is 0 Å². The van der Waals surface area contributed by atoms with Gasteiger partial charge in [0.2, 0.25) is 0 Å². The lowest BCUT2D eigenvalue weighted by Crippen LogP contribution is -2.49. The number of anilines is 1. The van der Waals surface area contributed by atoms with Crippen molar-refractivity contribution in [3.63, 3.8) is 0 Å². The molecule has 7 nitrogen and oxygen atoms in total. The summed E-state index contributed by atoms with van der Waals surface area (Å²) in [4.78, 5) is 20.6. The molecule has 0 saturated carbocycles. The molecular weight excluding hydrogens is 517 g/mol. The highest BCUT2D eigenvalue weighted by Gasteiger charge is 2.29. The number of ether oxygens (including phenoxy) is 1. The van der Waals surface area contributed by atoms with Crippen molar-refractivity contribution in [3.8, 4) is 11.4 Å². The number of piperazine rings is 1. The van der Waals surface area contributed by atoms with Crippen LogP contribution >= 0.6 is 0 Å². The number of halogens is 1. The maximum atomic E-state index is 13.8. The van der Waals surface area contributed by atoms with Crippen molar-refractivity contribution in [1.82, 2.24) is 19.6 Å². The number of aromatic nitrogens is 2. The van der Waals surface area contributed by atoms with Crippen molar-refractivity contribution in [1.29, 1.82) is 0 Å². The van der Waals surface area contributed by atoms with E-state index in [-0.39, 0.29) is 11.7 Å². The second-order valence-corrected chi connectivity index (χ2v) is 11.1. The summed E-state index contributed by atoms with van der Waals surface area (Å²) in [5.41, 5.74) is 3.50. The predicted octanol–water partition coefficient (Wildman–Crippen LogP) is 6.34. The molecule has 8 heteroatoms. The fourth-order valence-electron chi connectivity index (χ4n) is 5.39. The summed E-state index contributed by atoms with van der Waals surface area (Å²) < 4.78 is 21.6. The SMILES string of the molecule is CCCCOc1ccc(C(=O)N(CCC)Cc2c(CC)nn(-c3ccc(F)cc3)c2N2CCN(C(C)C)CC2)cc1. The summed E-state index contributed by atoms with van der Waals surface area (Å²) in [7, 11) is 0. The summed E-state index contributed by atoms with van der Waals surface area (Å²) in [6.45, 7) is 16.2. The van der Waals surface area contributed by atoms with E-state index in [0.29, 0.717) is 31.3 Å². The molecule has 1 aliphatic rings. The monoisotopic (exact) mass is 563 g/mol. The summed E-state index contributed by atoms with van der Waals surface area (Å²) in [5, 5.41) is 5.03. The maximum absolute atomic E-state index is 13.8. The average molecular weight is 564 g/mol. The van der Waals surface area contributed by atoms with Gasteiger partial charge in [-0.05, 0) is 81.6 Å². The second kappa shape index (κ2) is 14.5. The van der Waals surface area contributed by atoms with Crippen LogP contribution in [0.1, 0.15) is 75.5 Å². The van der Waals surface area contributed by atoms with Crippen LogP contribution in [-0.4, -0.2) is 70.9 Å². The van der Waals surface area contributed by atoms with Crippen molar-refractivity contribution in [2.75, 3.05) is 44.2 Å². The third kappa shape index (κ3) is 7.47. The van der Waals surface area contributed by atoms with Crippen molar-refractivity contribution < 1.29 is 13.9 Å². The minimum absolute atomic E-state index is 0.000814. The Morgan fingerprint density at radius 2 is 1.66 bits per heavy atom. The lowest BCUT2D eigenvalue weighted by atomic mass is 10.1. The zero-order valence-electron chi connectivity index (χ0n) is 25.4. The second-order valence-electron chi connectivity index (χ2n) is 11.1. The number of aryl methyl sites for hydroxylation is 1. The van der Waals surface area contributed by atoms with Gasteiger partial charge in [0.25, 0.3) is 5.91 Å². The molecule has 2 heterocycles. The highest BCUT2D eigenvalue weighted by atomic mass is 19.1. The minimum Gasteiger partial charge on any atom is -0.494 e. The molecule has 0 N–H and O–H groups in total. The molecule has 0 atom stereocenters. The molecule has 1 amide bonds. The summed E-state index contributed by atoms with van der Waals surface area (Å²) >= 11 is 0. The number of nitrogens with zero attached hydrogens (tertiary/aromatic N) is 5. The number of unbranched alkanes of at least 4 members (excludes halogenated alkanes) is 1. The molecule has 222 valence electrons. The summed E-state index contributed by atoms with van der Waals surface area (Å²) in [5.74, 6) is 1.52. The Labute approximate surface area is 244 Å². The largest absolute Gasteiger partial charge is 0.494 e. The zero-order valence-corrected chi connectivity index (χ0v) is 25.4. The number of carbonyl (C=O) groups is 1. The van der Waals surface area contributed by atoms with Crippen molar-refractivity contribution >= 4 is 11.7 Å². The fraction of sp³-hybridized carbons (Fsp3) is 0.515. The number of benzene rings is 2. The maximum Gasteiger partial charge on any atom is 0.254 e. The predicted molar refractivity (Wildman–Crippen MR) is 164 cm³/mol. The Balaban J connectivity index is 1.67. The van der Waals surface area contributed by atoms with Crippen LogP contribution < -0.4 is 9.64 Å². The zero-order chi connectivity index (χ0) is 29.4. The van der Waals surface area contributed by atoms with Gasteiger partial charge in [-0.15, -0.1) is 0 Å². The van der Waals surface area contributed by atoms with E-state index in [4.69, 9.17) is 9.84 Å². The topological polar surface area (TPSA) is 53.8 Å². The van der Waals surface area contributed by atoms with Gasteiger partial charge in [-0.2, -0.15) is 5.10 Å². The number of amides is 1. The number of rotatable bonds is 13. The van der Waals surface area contributed by atoms with E-state index in [0.717, 1.165) is 80.4 Å². The number of carbonyl (C=O) groups excluding carboxylic acids is 1. The molecule has 1 fully saturated rings. The van der Waals surface area contributed by atoms with E-state index in [2.05, 4.69) is 44.4 Å². The third-order valence-electron chi connectivity index (χ3n) is 7.79. The first-order valence-electron chi connectivity index (χ1n) is 15.2. The van der Waals surface area contributed by atoms with Crippen LogP contribution in [0.25, 0.3) is 5.69 Å². The Kier molecular flexibility index (Phi) is 10.8. The number of hydrogen-bond acceptors (Lipinski definition) is 5. The Hall–Kier alpha value is -3.39. The molecule has 4 rings (SSSR count). The van der Waals surface area contributed by atoms with Crippen LogP contribution in [0.5, 0.6) is 5.75 Å². The van der Waals surface area contributed by atoms with Crippen molar-refractivity contribution in [2.24, 2.45) is 0 Å². The quantitative estimate of drug-likeness (QED) is 0.227. The van der Waals surface area contributed by atoms with Gasteiger partial charge in [0, 0.05) is 49.9 Å². The van der Waals surface area contributed by atoms with E-state index in [9.17, 15) is 9.18 Å². The standard InChI is InChI=1S/C33H46FN5O2/c1-6-9-23-41-29-16-10-26(11-17-29)33(40)38(18-7-2)24-30-31(8-3)35-39(28-14-12-27(34)13-15-28)32(30)37-21-19-36(20-22-37)25(4)5/h10-17,25H,6-9,18-24H2,1-5H3. The highest BCUT2D eigenvalue weighted by Crippen LogP contribution is 2.31. The van der Waals surface area contributed by atoms with Gasteiger partial charge in [-0.3, -0.25) is 9.69 Å². The van der Waals surface area contributed by atoms with E-state index in [1.54, 1.807) is 12.1 Å². The van der Waals surface area contributed by atoms with Crippen LogP contribution in [0.15, 0.2) is 48.5 Å². The molecule has 1 saturated heterocycles. The molecule has 0 radical (unpaired) electrons. The first kappa shape index (κ1) is 30.6. The van der Waals surface area contributed by atoms with E-state index in [1.807, 2.05) is 33.8 Å². The van der Waals surface area contributed by atoms with Gasteiger partial charge < -0.3 is 14.5 Å². The van der Waals surface area contributed by atoms with Crippen molar-refractivity contribution in [3.05, 3.63) is 71.2 Å². The van der Waals surface area contributed by atoms with Crippen LogP contribution in [0.3, 0.4) is 0 Å². The van der Waals surface area contributed by atoms with Gasteiger partial charge in [0.15, 0.2) is 0 Å². The van der Waals surface area contributed by atoms with Crippen LogP contribution in [0, 0.1) is 5.82 Å². The van der Waals surface area contributed by atoms with E-state index >= 15 is 0 Å².